The minimum absolute atomic E-state index is 0.0196. The Labute approximate surface area is 143 Å². The van der Waals surface area contributed by atoms with Crippen molar-refractivity contribution in [1.82, 2.24) is 16.2 Å². The van der Waals surface area contributed by atoms with Crippen LogP contribution in [0.3, 0.4) is 0 Å². The van der Waals surface area contributed by atoms with Crippen molar-refractivity contribution >= 4 is 17.7 Å². The van der Waals surface area contributed by atoms with E-state index in [0.717, 1.165) is 11.3 Å². The third-order valence-corrected chi connectivity index (χ3v) is 5.86. The van der Waals surface area contributed by atoms with Gasteiger partial charge in [-0.2, -0.15) is 0 Å². The second-order valence-corrected chi connectivity index (χ2v) is 7.27. The van der Waals surface area contributed by atoms with Gasteiger partial charge < -0.3 is 9.73 Å². The van der Waals surface area contributed by atoms with Crippen LogP contribution in [-0.2, 0) is 4.79 Å². The Balaban J connectivity index is 1.64. The SMILES string of the molecule is CC1NNC2NC(=O)CSC(c3ccc(-c4ccc(F)cc4)o3)C12. The molecular weight excluding hydrogens is 329 g/mol. The number of carbonyl (C=O) groups excluding carboxylic acids is 1. The number of carbonyl (C=O) groups is 1. The molecule has 2 saturated heterocycles. The lowest BCUT2D eigenvalue weighted by atomic mass is 9.94. The van der Waals surface area contributed by atoms with Crippen LogP contribution in [0.2, 0.25) is 0 Å². The van der Waals surface area contributed by atoms with Gasteiger partial charge in [0.15, 0.2) is 0 Å². The van der Waals surface area contributed by atoms with Gasteiger partial charge in [0.05, 0.1) is 17.2 Å². The van der Waals surface area contributed by atoms with Crippen LogP contribution < -0.4 is 16.2 Å². The average molecular weight is 347 g/mol. The van der Waals surface area contributed by atoms with E-state index < -0.39 is 0 Å². The first kappa shape index (κ1) is 15.7. The number of thioether (sulfide) groups is 1. The maximum Gasteiger partial charge on any atom is 0.231 e. The molecule has 4 atom stereocenters. The molecule has 1 amide bonds. The van der Waals surface area contributed by atoms with E-state index in [4.69, 9.17) is 4.42 Å². The Bertz CT molecular complexity index is 749. The first-order valence-electron chi connectivity index (χ1n) is 7.89. The summed E-state index contributed by atoms with van der Waals surface area (Å²) in [5.41, 5.74) is 7.17. The quantitative estimate of drug-likeness (QED) is 0.779. The number of amides is 1. The van der Waals surface area contributed by atoms with Crippen LogP contribution in [0.5, 0.6) is 0 Å². The molecule has 0 radical (unpaired) electrons. The molecule has 1 aromatic heterocycles. The highest BCUT2D eigenvalue weighted by Crippen LogP contribution is 2.43. The molecule has 2 aliphatic rings. The van der Waals surface area contributed by atoms with Gasteiger partial charge in [0.25, 0.3) is 0 Å². The molecule has 0 bridgehead atoms. The Hall–Kier alpha value is -1.83. The van der Waals surface area contributed by atoms with Gasteiger partial charge in [-0.1, -0.05) is 0 Å². The first-order valence-corrected chi connectivity index (χ1v) is 8.94. The fourth-order valence-electron chi connectivity index (χ4n) is 3.31. The maximum atomic E-state index is 13.1. The van der Waals surface area contributed by atoms with E-state index >= 15 is 0 Å². The van der Waals surface area contributed by atoms with Crippen molar-refractivity contribution in [3.05, 3.63) is 48.0 Å². The monoisotopic (exact) mass is 347 g/mol. The molecule has 126 valence electrons. The molecule has 4 rings (SSSR count). The number of hydrogen-bond donors (Lipinski definition) is 3. The van der Waals surface area contributed by atoms with Crippen molar-refractivity contribution in [3.8, 4) is 11.3 Å². The summed E-state index contributed by atoms with van der Waals surface area (Å²) in [5.74, 6) is 1.87. The van der Waals surface area contributed by atoms with Crippen LogP contribution >= 0.6 is 11.8 Å². The van der Waals surface area contributed by atoms with Crippen molar-refractivity contribution in [2.45, 2.75) is 24.4 Å². The molecule has 4 unspecified atom stereocenters. The molecule has 0 saturated carbocycles. The molecule has 7 heteroatoms. The van der Waals surface area contributed by atoms with Crippen LogP contribution in [0.25, 0.3) is 11.3 Å². The lowest BCUT2D eigenvalue weighted by molar-refractivity contribution is -0.119. The summed E-state index contributed by atoms with van der Waals surface area (Å²) >= 11 is 1.59. The zero-order chi connectivity index (χ0) is 16.7. The van der Waals surface area contributed by atoms with E-state index in [1.54, 1.807) is 23.9 Å². The number of rotatable bonds is 2. The van der Waals surface area contributed by atoms with Crippen molar-refractivity contribution in [1.29, 1.82) is 0 Å². The molecule has 0 spiro atoms. The zero-order valence-electron chi connectivity index (χ0n) is 13.1. The van der Waals surface area contributed by atoms with E-state index in [9.17, 15) is 9.18 Å². The van der Waals surface area contributed by atoms with E-state index in [-0.39, 0.29) is 35.1 Å². The van der Waals surface area contributed by atoms with Gasteiger partial charge >= 0.3 is 0 Å². The molecule has 2 aromatic rings. The Morgan fingerprint density at radius 2 is 1.96 bits per heavy atom. The summed E-state index contributed by atoms with van der Waals surface area (Å²) in [6.07, 6.45) is -0.119. The van der Waals surface area contributed by atoms with Crippen molar-refractivity contribution in [2.24, 2.45) is 5.92 Å². The highest BCUT2D eigenvalue weighted by Gasteiger charge is 2.44. The lowest BCUT2D eigenvalue weighted by Gasteiger charge is -2.25. The molecule has 3 heterocycles. The third kappa shape index (κ3) is 2.83. The number of hydrogen-bond acceptors (Lipinski definition) is 5. The normalized spacial score (nSPS) is 29.8. The van der Waals surface area contributed by atoms with E-state index in [1.807, 2.05) is 12.1 Å². The number of benzene rings is 1. The third-order valence-electron chi connectivity index (χ3n) is 4.52. The summed E-state index contributed by atoms with van der Waals surface area (Å²) in [6.45, 7) is 2.09. The van der Waals surface area contributed by atoms with Crippen LogP contribution in [0.15, 0.2) is 40.8 Å². The van der Waals surface area contributed by atoms with Gasteiger partial charge in [0.1, 0.15) is 17.3 Å². The van der Waals surface area contributed by atoms with Crippen molar-refractivity contribution in [3.63, 3.8) is 0 Å². The molecule has 24 heavy (non-hydrogen) atoms. The molecule has 2 aliphatic heterocycles. The molecule has 0 aliphatic carbocycles. The number of furan rings is 1. The molecule has 5 nitrogen and oxygen atoms in total. The van der Waals surface area contributed by atoms with Gasteiger partial charge in [-0.3, -0.25) is 10.2 Å². The fraction of sp³-hybridized carbons (Fsp3) is 0.353. The Morgan fingerprint density at radius 3 is 2.75 bits per heavy atom. The number of nitrogens with one attached hydrogen (secondary N) is 3. The van der Waals surface area contributed by atoms with E-state index in [0.29, 0.717) is 11.5 Å². The second kappa shape index (κ2) is 6.23. The maximum absolute atomic E-state index is 13.1. The predicted octanol–water partition coefficient (Wildman–Crippen LogP) is 2.43. The van der Waals surface area contributed by atoms with Crippen molar-refractivity contribution in [2.75, 3.05) is 5.75 Å². The van der Waals surface area contributed by atoms with E-state index in [1.165, 1.54) is 12.1 Å². The lowest BCUT2D eigenvalue weighted by Crippen LogP contribution is -2.46. The average Bonchev–Trinajstić information content (AvgIpc) is 3.14. The summed E-state index contributed by atoms with van der Waals surface area (Å²) in [4.78, 5) is 11.9. The smallest absolute Gasteiger partial charge is 0.231 e. The van der Waals surface area contributed by atoms with Gasteiger partial charge in [-0.25, -0.2) is 9.82 Å². The molecule has 3 N–H and O–H groups in total. The summed E-state index contributed by atoms with van der Waals surface area (Å²) in [7, 11) is 0. The molecule has 1 aromatic carbocycles. The van der Waals surface area contributed by atoms with Gasteiger partial charge in [-0.05, 0) is 43.3 Å². The summed E-state index contributed by atoms with van der Waals surface area (Å²) < 4.78 is 19.1. The van der Waals surface area contributed by atoms with Crippen LogP contribution in [-0.4, -0.2) is 23.9 Å². The first-order chi connectivity index (χ1) is 11.6. The molecular formula is C17H18FN3O2S. The minimum Gasteiger partial charge on any atom is -0.460 e. The topological polar surface area (TPSA) is 66.3 Å². The highest BCUT2D eigenvalue weighted by atomic mass is 32.2. The number of fused-ring (bicyclic) bond motifs is 1. The zero-order valence-corrected chi connectivity index (χ0v) is 13.9. The van der Waals surface area contributed by atoms with Gasteiger partial charge in [-0.15, -0.1) is 11.8 Å². The van der Waals surface area contributed by atoms with Crippen LogP contribution in [0.1, 0.15) is 17.9 Å². The number of halogens is 1. The van der Waals surface area contributed by atoms with Gasteiger partial charge in [0.2, 0.25) is 5.91 Å². The Morgan fingerprint density at radius 1 is 1.17 bits per heavy atom. The minimum atomic E-state index is -0.269. The Kier molecular flexibility index (Phi) is 4.07. The second-order valence-electron chi connectivity index (χ2n) is 6.14. The summed E-state index contributed by atoms with van der Waals surface area (Å²) in [5, 5.41) is 3.06. The van der Waals surface area contributed by atoms with Crippen LogP contribution in [0.4, 0.5) is 4.39 Å². The standard InChI is InChI=1S/C17H18FN3O2S/c1-9-15-16(24-8-14(22)19-17(15)21-20-9)13-7-6-12(23-13)10-2-4-11(18)5-3-10/h2-7,9,15-17,20-21H,8H2,1H3,(H,19,22). The largest absolute Gasteiger partial charge is 0.460 e. The predicted molar refractivity (Wildman–Crippen MR) is 90.5 cm³/mol. The molecule has 2 fully saturated rings. The van der Waals surface area contributed by atoms with Gasteiger partial charge in [0, 0.05) is 17.5 Å². The highest BCUT2D eigenvalue weighted by molar-refractivity contribution is 8.00. The van der Waals surface area contributed by atoms with Crippen molar-refractivity contribution < 1.29 is 13.6 Å². The van der Waals surface area contributed by atoms with E-state index in [2.05, 4.69) is 23.1 Å². The fourth-order valence-corrected chi connectivity index (χ4v) is 4.63. The summed E-state index contributed by atoms with van der Waals surface area (Å²) in [6, 6.07) is 10.3. The number of hydrazine groups is 1. The van der Waals surface area contributed by atoms with Crippen LogP contribution in [0, 0.1) is 11.7 Å².